The van der Waals surface area contributed by atoms with Crippen LogP contribution >= 0.6 is 0 Å². The van der Waals surface area contributed by atoms with Gasteiger partial charge in [-0.25, -0.2) is 9.59 Å². The van der Waals surface area contributed by atoms with E-state index in [0.717, 1.165) is 10.8 Å². The van der Waals surface area contributed by atoms with Gasteiger partial charge in [0.2, 0.25) is 0 Å². The van der Waals surface area contributed by atoms with E-state index >= 15 is 0 Å². The molecule has 4 rings (SSSR count). The first-order valence-electron chi connectivity index (χ1n) is 8.10. The van der Waals surface area contributed by atoms with Gasteiger partial charge in [0.1, 0.15) is 5.75 Å². The molecule has 2 aromatic rings. The number of carbonyl (C=O) groups excluding carboxylic acids is 3. The zero-order valence-electron chi connectivity index (χ0n) is 14.4. The van der Waals surface area contributed by atoms with E-state index in [-0.39, 0.29) is 5.97 Å². The minimum Gasteiger partial charge on any atom is -0.451 e. The summed E-state index contributed by atoms with van der Waals surface area (Å²) in [4.78, 5) is 31.5. The molecule has 2 aliphatic heterocycles. The Labute approximate surface area is 154 Å². The number of carbonyl (C=O) groups is 3. The van der Waals surface area contributed by atoms with Crippen LogP contribution in [0, 0.1) is 0 Å². The molecule has 0 aromatic heterocycles. The third-order valence-corrected chi connectivity index (χ3v) is 3.50. The third kappa shape index (κ3) is 5.18. The molecular weight excluding hydrogens is 352 g/mol. The Morgan fingerprint density at radius 1 is 0.889 bits per heavy atom. The molecule has 0 bridgehead atoms. The monoisotopic (exact) mass is 368 g/mol. The first kappa shape index (κ1) is 18.2. The van der Waals surface area contributed by atoms with Crippen molar-refractivity contribution in [2.75, 3.05) is 0 Å². The summed E-state index contributed by atoms with van der Waals surface area (Å²) in [6.45, 7) is 1.25. The SMILES string of the molecule is CC(=O)O[C@H]1C=CC(=O)O1.O=C1C=C[C@H](Oc2ccc3ccccc3c2)O1. The number of fused-ring (bicyclic) bond motifs is 1. The molecule has 0 saturated heterocycles. The predicted molar refractivity (Wildman–Crippen MR) is 94.4 cm³/mol. The maximum absolute atomic E-state index is 10.9. The van der Waals surface area contributed by atoms with Crippen LogP contribution in [-0.4, -0.2) is 30.5 Å². The lowest BCUT2D eigenvalue weighted by Gasteiger charge is -2.11. The van der Waals surface area contributed by atoms with Gasteiger partial charge in [-0.15, -0.1) is 0 Å². The second kappa shape index (κ2) is 8.18. The van der Waals surface area contributed by atoms with Crippen LogP contribution < -0.4 is 4.74 Å². The maximum atomic E-state index is 10.9. The highest BCUT2D eigenvalue weighted by atomic mass is 16.7. The van der Waals surface area contributed by atoms with Crippen LogP contribution in [0.25, 0.3) is 10.8 Å². The molecule has 0 saturated carbocycles. The minimum absolute atomic E-state index is 0.365. The number of rotatable bonds is 3. The quantitative estimate of drug-likeness (QED) is 0.770. The van der Waals surface area contributed by atoms with Gasteiger partial charge in [-0.1, -0.05) is 30.3 Å². The van der Waals surface area contributed by atoms with Crippen molar-refractivity contribution in [2.24, 2.45) is 0 Å². The first-order valence-corrected chi connectivity index (χ1v) is 8.10. The number of hydrogen-bond donors (Lipinski definition) is 0. The Morgan fingerprint density at radius 3 is 2.11 bits per heavy atom. The lowest BCUT2D eigenvalue weighted by molar-refractivity contribution is -0.170. The van der Waals surface area contributed by atoms with E-state index in [1.165, 1.54) is 25.2 Å². The molecule has 0 fully saturated rings. The molecule has 0 radical (unpaired) electrons. The molecule has 138 valence electrons. The molecule has 0 aliphatic carbocycles. The summed E-state index contributed by atoms with van der Waals surface area (Å²) >= 11 is 0. The molecule has 2 atom stereocenters. The van der Waals surface area contributed by atoms with E-state index in [1.54, 1.807) is 6.08 Å². The smallest absolute Gasteiger partial charge is 0.334 e. The Morgan fingerprint density at radius 2 is 1.52 bits per heavy atom. The topological polar surface area (TPSA) is 88.1 Å². The molecule has 27 heavy (non-hydrogen) atoms. The summed E-state index contributed by atoms with van der Waals surface area (Å²) in [5.74, 6) is -0.626. The summed E-state index contributed by atoms with van der Waals surface area (Å²) in [5.41, 5.74) is 0. The zero-order chi connectivity index (χ0) is 19.2. The molecule has 0 unspecified atom stereocenters. The molecule has 0 spiro atoms. The van der Waals surface area contributed by atoms with Crippen molar-refractivity contribution in [3.05, 3.63) is 66.8 Å². The van der Waals surface area contributed by atoms with Crippen molar-refractivity contribution in [3.8, 4) is 5.75 Å². The van der Waals surface area contributed by atoms with Crippen LogP contribution in [0.3, 0.4) is 0 Å². The predicted octanol–water partition coefficient (Wildman–Crippen LogP) is 2.65. The van der Waals surface area contributed by atoms with Crippen LogP contribution in [-0.2, 0) is 28.6 Å². The van der Waals surface area contributed by atoms with Crippen molar-refractivity contribution >= 4 is 28.7 Å². The zero-order valence-corrected chi connectivity index (χ0v) is 14.4. The second-order valence-corrected chi connectivity index (χ2v) is 5.57. The minimum atomic E-state index is -0.815. The lowest BCUT2D eigenvalue weighted by Crippen LogP contribution is -2.15. The third-order valence-electron chi connectivity index (χ3n) is 3.50. The number of benzene rings is 2. The number of cyclic esters (lactones) is 2. The standard InChI is InChI=1S/C14H10O3.C6H6O4/c15-13-7-8-14(17-13)16-12-6-5-10-3-1-2-4-11(10)9-12;1-4(7)9-6-3-2-5(8)10-6/h1-9,14H;2-3,6H,1H3/t14-;6-/m11/s1. The molecule has 7 nitrogen and oxygen atoms in total. The molecular formula is C20H16O7. The summed E-state index contributed by atoms with van der Waals surface area (Å²) in [6.07, 6.45) is 4.13. The van der Waals surface area contributed by atoms with Gasteiger partial charge in [-0.2, -0.15) is 0 Å². The van der Waals surface area contributed by atoms with Gasteiger partial charge in [-0.05, 0) is 22.9 Å². The van der Waals surface area contributed by atoms with Crippen molar-refractivity contribution in [1.29, 1.82) is 0 Å². The fourth-order valence-electron chi connectivity index (χ4n) is 2.37. The van der Waals surface area contributed by atoms with Crippen molar-refractivity contribution in [3.63, 3.8) is 0 Å². The first-order chi connectivity index (χ1) is 13.0. The second-order valence-electron chi connectivity index (χ2n) is 5.57. The Balaban J connectivity index is 0.000000180. The highest BCUT2D eigenvalue weighted by molar-refractivity contribution is 5.85. The number of esters is 3. The van der Waals surface area contributed by atoms with Gasteiger partial charge in [0.15, 0.2) is 0 Å². The van der Waals surface area contributed by atoms with Crippen LogP contribution in [0.15, 0.2) is 66.8 Å². The fourth-order valence-corrected chi connectivity index (χ4v) is 2.37. The Hall–Kier alpha value is -3.61. The molecule has 7 heteroatoms. The normalized spacial score (nSPS) is 19.9. The Bertz CT molecular complexity index is 929. The van der Waals surface area contributed by atoms with Crippen LogP contribution in [0.5, 0.6) is 5.75 Å². The van der Waals surface area contributed by atoms with E-state index in [2.05, 4.69) is 9.47 Å². The van der Waals surface area contributed by atoms with Crippen LogP contribution in [0.2, 0.25) is 0 Å². The number of ether oxygens (including phenoxy) is 4. The molecule has 2 heterocycles. The fraction of sp³-hybridized carbons (Fsp3) is 0.150. The van der Waals surface area contributed by atoms with Crippen molar-refractivity contribution < 1.29 is 33.3 Å². The van der Waals surface area contributed by atoms with E-state index < -0.39 is 24.5 Å². The average Bonchev–Trinajstić information content (AvgIpc) is 3.23. The van der Waals surface area contributed by atoms with Crippen LogP contribution in [0.4, 0.5) is 0 Å². The summed E-state index contributed by atoms with van der Waals surface area (Å²) < 4.78 is 19.4. The van der Waals surface area contributed by atoms with Gasteiger partial charge >= 0.3 is 17.9 Å². The lowest BCUT2D eigenvalue weighted by atomic mass is 10.1. The van der Waals surface area contributed by atoms with E-state index in [4.69, 9.17) is 9.47 Å². The summed E-state index contributed by atoms with van der Waals surface area (Å²) in [5, 5.41) is 2.25. The summed E-state index contributed by atoms with van der Waals surface area (Å²) in [7, 11) is 0. The van der Waals surface area contributed by atoms with Gasteiger partial charge < -0.3 is 18.9 Å². The highest BCUT2D eigenvalue weighted by Gasteiger charge is 2.18. The molecule has 2 aromatic carbocycles. The molecule has 0 N–H and O–H groups in total. The molecule has 2 aliphatic rings. The average molecular weight is 368 g/mol. The highest BCUT2D eigenvalue weighted by Crippen LogP contribution is 2.22. The Kier molecular flexibility index (Phi) is 5.51. The molecule has 0 amide bonds. The van der Waals surface area contributed by atoms with Crippen molar-refractivity contribution in [2.45, 2.75) is 19.5 Å². The van der Waals surface area contributed by atoms with Gasteiger partial charge in [0.25, 0.3) is 12.6 Å². The van der Waals surface area contributed by atoms with E-state index in [9.17, 15) is 14.4 Å². The van der Waals surface area contributed by atoms with Crippen molar-refractivity contribution in [1.82, 2.24) is 0 Å². The largest absolute Gasteiger partial charge is 0.451 e. The van der Waals surface area contributed by atoms with E-state index in [1.807, 2.05) is 42.5 Å². The van der Waals surface area contributed by atoms with Gasteiger partial charge in [0.05, 0.1) is 0 Å². The van der Waals surface area contributed by atoms with E-state index in [0.29, 0.717) is 5.75 Å². The van der Waals surface area contributed by atoms with Crippen LogP contribution in [0.1, 0.15) is 6.92 Å². The summed E-state index contributed by atoms with van der Waals surface area (Å²) in [6, 6.07) is 13.8. The maximum Gasteiger partial charge on any atom is 0.334 e. The number of hydrogen-bond acceptors (Lipinski definition) is 7. The van der Waals surface area contributed by atoms with Gasteiger partial charge in [0, 0.05) is 31.2 Å². The van der Waals surface area contributed by atoms with Gasteiger partial charge in [-0.3, -0.25) is 4.79 Å².